The fourth-order valence-electron chi connectivity index (χ4n) is 7.92. The predicted molar refractivity (Wildman–Crippen MR) is 166 cm³/mol. The van der Waals surface area contributed by atoms with Gasteiger partial charge in [0.2, 0.25) is 17.7 Å². The highest BCUT2D eigenvalue weighted by Crippen LogP contribution is 2.64. The lowest BCUT2D eigenvalue weighted by Gasteiger charge is -2.39. The number of benzene rings is 1. The lowest BCUT2D eigenvalue weighted by molar-refractivity contribution is -0.156. The third-order valence-corrected chi connectivity index (χ3v) is 10.1. The van der Waals surface area contributed by atoms with E-state index in [4.69, 9.17) is 9.47 Å². The minimum absolute atomic E-state index is 0.170. The summed E-state index contributed by atoms with van der Waals surface area (Å²) < 4.78 is 12.3. The Bertz CT molecular complexity index is 1220. The number of carbonyl (C=O) groups excluding carboxylic acids is 3. The van der Waals surface area contributed by atoms with Crippen molar-refractivity contribution < 1.29 is 29.0 Å². The topological polar surface area (TPSA) is 103 Å². The van der Waals surface area contributed by atoms with Crippen molar-refractivity contribution in [3.63, 3.8) is 0 Å². The van der Waals surface area contributed by atoms with Crippen LogP contribution in [0.2, 0.25) is 0 Å². The van der Waals surface area contributed by atoms with E-state index in [1.807, 2.05) is 44.2 Å². The van der Waals surface area contributed by atoms with Crippen LogP contribution >= 0.6 is 0 Å². The van der Waals surface area contributed by atoms with Gasteiger partial charge < -0.3 is 29.3 Å². The molecule has 4 saturated heterocycles. The number of nitrogens with zero attached hydrogens (tertiary/aromatic N) is 4. The first-order valence-corrected chi connectivity index (χ1v) is 16.0. The molecule has 44 heavy (non-hydrogen) atoms. The summed E-state index contributed by atoms with van der Waals surface area (Å²) in [5.74, 6) is -2.25. The van der Waals surface area contributed by atoms with E-state index in [1.165, 1.54) is 0 Å². The van der Waals surface area contributed by atoms with Gasteiger partial charge in [0.25, 0.3) is 0 Å². The van der Waals surface area contributed by atoms with Crippen molar-refractivity contribution in [1.29, 1.82) is 0 Å². The molecule has 0 aliphatic carbocycles. The van der Waals surface area contributed by atoms with Crippen molar-refractivity contribution in [3.8, 4) is 0 Å². The molecule has 2 bridgehead atoms. The van der Waals surface area contributed by atoms with Gasteiger partial charge in [-0.15, -0.1) is 13.2 Å². The number of likely N-dealkylation sites (tertiary alicyclic amines) is 1. The molecule has 10 heteroatoms. The van der Waals surface area contributed by atoms with Gasteiger partial charge in [0.05, 0.1) is 43.3 Å². The van der Waals surface area contributed by atoms with Crippen LogP contribution in [0.1, 0.15) is 38.7 Å². The van der Waals surface area contributed by atoms with Gasteiger partial charge in [0, 0.05) is 45.8 Å². The Hall–Kier alpha value is -3.05. The number of morpholine rings is 1. The molecule has 1 N–H and O–H groups in total. The second-order valence-corrected chi connectivity index (χ2v) is 12.7. The summed E-state index contributed by atoms with van der Waals surface area (Å²) in [6, 6.07) is 8.24. The van der Waals surface area contributed by atoms with E-state index < -0.39 is 35.1 Å². The van der Waals surface area contributed by atoms with Gasteiger partial charge in [-0.25, -0.2) is 0 Å². The van der Waals surface area contributed by atoms with Crippen LogP contribution in [-0.4, -0.2) is 125 Å². The lowest BCUT2D eigenvalue weighted by Crippen LogP contribution is -2.59. The normalized spacial score (nSPS) is 30.2. The van der Waals surface area contributed by atoms with Crippen LogP contribution < -0.4 is 0 Å². The molecule has 4 aliphatic rings. The zero-order valence-corrected chi connectivity index (χ0v) is 26.2. The zero-order valence-electron chi connectivity index (χ0n) is 26.2. The highest BCUT2D eigenvalue weighted by molar-refractivity contribution is 5.99. The summed E-state index contributed by atoms with van der Waals surface area (Å²) in [6.45, 7) is 16.4. The van der Waals surface area contributed by atoms with E-state index in [2.05, 4.69) is 18.1 Å². The van der Waals surface area contributed by atoms with Gasteiger partial charge in [-0.1, -0.05) is 49.4 Å². The standard InChI is InChI=1S/C34H48N4O6/c1-5-15-36(18-17-35-19-21-43-22-20-35)32(42)29-34-14-13-33(4,44-34)27(28(34)31(41)38(29)26(7-3)24-39)30(40)37(16-6-2)23-25-11-9-8-10-12-25/h5-6,8-12,26-29,39H,1-2,7,13-24H2,3-4H3/t26-,27+,28-,29?,33-,34?/m0/s1. The summed E-state index contributed by atoms with van der Waals surface area (Å²) in [7, 11) is 0. The second-order valence-electron chi connectivity index (χ2n) is 12.7. The monoisotopic (exact) mass is 608 g/mol. The second kappa shape index (κ2) is 13.5. The van der Waals surface area contributed by atoms with Gasteiger partial charge in [-0.2, -0.15) is 0 Å². The molecule has 4 heterocycles. The van der Waals surface area contributed by atoms with Crippen molar-refractivity contribution in [3.05, 3.63) is 61.2 Å². The molecular formula is C34H48N4O6. The SMILES string of the molecule is C=CCN(CCN1CCOCC1)C(=O)C1N([C@@H](CC)CO)C(=O)[C@@H]2[C@H](C(=O)N(CC=C)Cc3ccccc3)[C@]3(C)CCC12O3. The molecule has 1 aromatic rings. The van der Waals surface area contributed by atoms with Crippen LogP contribution in [0.4, 0.5) is 0 Å². The molecule has 10 nitrogen and oxygen atoms in total. The molecule has 1 aromatic carbocycles. The number of aliphatic hydroxyl groups is 1. The molecule has 0 radical (unpaired) electrons. The highest BCUT2D eigenvalue weighted by atomic mass is 16.5. The highest BCUT2D eigenvalue weighted by Gasteiger charge is 2.78. The van der Waals surface area contributed by atoms with Gasteiger partial charge in [0.1, 0.15) is 11.6 Å². The van der Waals surface area contributed by atoms with Crippen molar-refractivity contribution in [2.24, 2.45) is 11.8 Å². The molecule has 3 amide bonds. The molecule has 4 aliphatic heterocycles. The molecule has 0 saturated carbocycles. The van der Waals surface area contributed by atoms with Crippen molar-refractivity contribution >= 4 is 17.7 Å². The van der Waals surface area contributed by atoms with Crippen LogP contribution in [0.5, 0.6) is 0 Å². The third-order valence-electron chi connectivity index (χ3n) is 10.1. The number of hydrogen-bond donors (Lipinski definition) is 1. The minimum Gasteiger partial charge on any atom is -0.394 e. The summed E-state index contributed by atoms with van der Waals surface area (Å²) in [5, 5.41) is 10.4. The van der Waals surface area contributed by atoms with Gasteiger partial charge in [-0.3, -0.25) is 19.3 Å². The molecule has 5 rings (SSSR count). The van der Waals surface area contributed by atoms with Crippen molar-refractivity contribution in [2.45, 2.75) is 62.9 Å². The Labute approximate surface area is 261 Å². The fourth-order valence-corrected chi connectivity index (χ4v) is 7.92. The Kier molecular flexibility index (Phi) is 9.94. The maximum absolute atomic E-state index is 14.7. The fraction of sp³-hybridized carbons (Fsp3) is 0.618. The zero-order chi connectivity index (χ0) is 31.5. The summed E-state index contributed by atoms with van der Waals surface area (Å²) in [4.78, 5) is 51.0. The largest absolute Gasteiger partial charge is 0.394 e. The molecule has 6 atom stereocenters. The van der Waals surface area contributed by atoms with Gasteiger partial charge >= 0.3 is 0 Å². The number of rotatable bonds is 14. The first-order chi connectivity index (χ1) is 21.2. The Balaban J connectivity index is 1.49. The Morgan fingerprint density at radius 1 is 1.09 bits per heavy atom. The van der Waals surface area contributed by atoms with E-state index in [9.17, 15) is 19.5 Å². The lowest BCUT2D eigenvalue weighted by atomic mass is 9.66. The van der Waals surface area contributed by atoms with E-state index in [-0.39, 0.29) is 24.3 Å². The van der Waals surface area contributed by atoms with Crippen molar-refractivity contribution in [2.75, 3.05) is 59.1 Å². The molecule has 2 unspecified atom stereocenters. The van der Waals surface area contributed by atoms with Gasteiger partial charge in [0.15, 0.2) is 0 Å². The van der Waals surface area contributed by atoms with E-state index in [1.54, 1.807) is 26.9 Å². The molecule has 4 fully saturated rings. The number of aliphatic hydroxyl groups excluding tert-OH is 1. The number of ether oxygens (including phenoxy) is 2. The van der Waals surface area contributed by atoms with Crippen LogP contribution in [0.15, 0.2) is 55.6 Å². The summed E-state index contributed by atoms with van der Waals surface area (Å²) in [5.41, 5.74) is -1.07. The maximum Gasteiger partial charge on any atom is 0.248 e. The average molecular weight is 609 g/mol. The Morgan fingerprint density at radius 3 is 2.41 bits per heavy atom. The minimum atomic E-state index is -1.16. The predicted octanol–water partition coefficient (Wildman–Crippen LogP) is 2.08. The van der Waals surface area contributed by atoms with Crippen LogP contribution in [-0.2, 0) is 30.4 Å². The Morgan fingerprint density at radius 2 is 1.77 bits per heavy atom. The molecule has 1 spiro atoms. The van der Waals surface area contributed by atoms with Gasteiger partial charge in [-0.05, 0) is 31.7 Å². The number of hydrogen-bond acceptors (Lipinski definition) is 7. The summed E-state index contributed by atoms with van der Waals surface area (Å²) >= 11 is 0. The summed E-state index contributed by atoms with van der Waals surface area (Å²) in [6.07, 6.45) is 4.92. The van der Waals surface area contributed by atoms with Crippen LogP contribution in [0.25, 0.3) is 0 Å². The van der Waals surface area contributed by atoms with Crippen LogP contribution in [0.3, 0.4) is 0 Å². The van der Waals surface area contributed by atoms with E-state index in [0.29, 0.717) is 65.2 Å². The molecular weight excluding hydrogens is 560 g/mol. The maximum atomic E-state index is 14.7. The number of carbonyl (C=O) groups is 3. The first kappa shape index (κ1) is 32.3. The first-order valence-electron chi connectivity index (χ1n) is 16.0. The quantitative estimate of drug-likeness (QED) is 0.323. The number of amides is 3. The number of fused-ring (bicyclic) bond motifs is 1. The molecule has 240 valence electrons. The third kappa shape index (κ3) is 5.73. The molecule has 0 aromatic heterocycles. The van der Waals surface area contributed by atoms with E-state index >= 15 is 0 Å². The van der Waals surface area contributed by atoms with E-state index in [0.717, 1.165) is 18.7 Å². The van der Waals surface area contributed by atoms with Crippen LogP contribution in [0, 0.1) is 11.8 Å². The smallest absolute Gasteiger partial charge is 0.248 e. The average Bonchev–Trinajstić information content (AvgIpc) is 3.61. The van der Waals surface area contributed by atoms with Crippen molar-refractivity contribution in [1.82, 2.24) is 19.6 Å².